The molecule has 0 unspecified atom stereocenters. The Morgan fingerprint density at radius 2 is 1.52 bits per heavy atom. The summed E-state index contributed by atoms with van der Waals surface area (Å²) in [5.74, 6) is 0. The summed E-state index contributed by atoms with van der Waals surface area (Å²) in [6.45, 7) is 17.8. The van der Waals surface area contributed by atoms with Gasteiger partial charge >= 0.3 is 0 Å². The van der Waals surface area contributed by atoms with E-state index in [1.165, 1.54) is 58.7 Å². The Bertz CT molecular complexity index is 364. The number of hydrogen-bond donors (Lipinski definition) is 0. The molecule has 2 fully saturated rings. The van der Waals surface area contributed by atoms with E-state index in [4.69, 9.17) is 0 Å². The number of rotatable bonds is 7. The summed E-state index contributed by atoms with van der Waals surface area (Å²) >= 11 is 0. The minimum atomic E-state index is 1.14. The third-order valence-corrected chi connectivity index (χ3v) is 5.25. The molecular formula is C18H33N5. The Morgan fingerprint density at radius 1 is 0.739 bits per heavy atom. The molecule has 2 saturated heterocycles. The van der Waals surface area contributed by atoms with E-state index in [1.54, 1.807) is 0 Å². The molecule has 0 bridgehead atoms. The zero-order chi connectivity index (χ0) is 15.9. The van der Waals surface area contributed by atoms with E-state index < -0.39 is 0 Å². The minimum Gasteiger partial charge on any atom is -0.304 e. The quantitative estimate of drug-likeness (QED) is 0.633. The fourth-order valence-electron chi connectivity index (χ4n) is 3.58. The van der Waals surface area contributed by atoms with Crippen LogP contribution in [0.3, 0.4) is 0 Å². The minimum absolute atomic E-state index is 1.14. The van der Waals surface area contributed by atoms with Crippen molar-refractivity contribution in [2.45, 2.75) is 12.8 Å². The van der Waals surface area contributed by atoms with Gasteiger partial charge in [0.1, 0.15) is 6.67 Å². The first-order valence-electron chi connectivity index (χ1n) is 9.34. The highest BCUT2D eigenvalue weighted by atomic mass is 15.4. The fourth-order valence-corrected chi connectivity index (χ4v) is 3.58. The third-order valence-electron chi connectivity index (χ3n) is 5.25. The van der Waals surface area contributed by atoms with Gasteiger partial charge in [-0.15, -0.1) is 0 Å². The van der Waals surface area contributed by atoms with Gasteiger partial charge in [-0.25, -0.2) is 0 Å². The molecule has 0 spiro atoms. The van der Waals surface area contributed by atoms with E-state index in [-0.39, 0.29) is 0 Å². The zero-order valence-electron chi connectivity index (χ0n) is 14.8. The molecule has 3 heterocycles. The zero-order valence-corrected chi connectivity index (χ0v) is 14.8. The topological polar surface area (TPSA) is 16.2 Å². The molecule has 0 amide bonds. The van der Waals surface area contributed by atoms with E-state index in [1.807, 2.05) is 0 Å². The second-order valence-electron chi connectivity index (χ2n) is 7.13. The first kappa shape index (κ1) is 17.4. The van der Waals surface area contributed by atoms with Gasteiger partial charge in [0, 0.05) is 72.0 Å². The molecule has 3 rings (SSSR count). The number of hydrogen-bond acceptors (Lipinski definition) is 5. The molecule has 0 aromatic rings. The summed E-state index contributed by atoms with van der Waals surface area (Å²) in [5, 5.41) is 0. The van der Waals surface area contributed by atoms with Crippen molar-refractivity contribution >= 4 is 0 Å². The van der Waals surface area contributed by atoms with Gasteiger partial charge in [0.15, 0.2) is 0 Å². The molecule has 3 aliphatic heterocycles. The number of likely N-dealkylation sites (N-methyl/N-ethyl adjacent to an activating group) is 1. The Balaban J connectivity index is 1.24. The van der Waals surface area contributed by atoms with Gasteiger partial charge in [0.25, 0.3) is 0 Å². The maximum atomic E-state index is 3.57. The van der Waals surface area contributed by atoms with Crippen molar-refractivity contribution in [2.75, 3.05) is 85.6 Å². The Morgan fingerprint density at radius 3 is 2.26 bits per heavy atom. The Kier molecular flexibility index (Phi) is 6.90. The van der Waals surface area contributed by atoms with Gasteiger partial charge < -0.3 is 4.90 Å². The van der Waals surface area contributed by atoms with Gasteiger partial charge in [-0.05, 0) is 26.4 Å². The maximum absolute atomic E-state index is 3.57. The van der Waals surface area contributed by atoms with Crippen molar-refractivity contribution in [2.24, 2.45) is 0 Å². The maximum Gasteiger partial charge on any atom is 0.146 e. The van der Waals surface area contributed by atoms with Crippen LogP contribution in [-0.2, 0) is 0 Å². The Hall–Kier alpha value is -0.460. The number of nitrogens with zero attached hydrogens (tertiary/aromatic N) is 5. The summed E-state index contributed by atoms with van der Waals surface area (Å²) in [5.41, 5.74) is 0. The summed E-state index contributed by atoms with van der Waals surface area (Å²) in [6.07, 6.45) is 7.09. The van der Waals surface area contributed by atoms with Crippen molar-refractivity contribution in [1.29, 1.82) is 0 Å². The van der Waals surface area contributed by atoms with Gasteiger partial charge in [-0.3, -0.25) is 19.6 Å². The van der Waals surface area contributed by atoms with E-state index in [2.05, 4.69) is 50.4 Å². The second-order valence-corrected chi connectivity index (χ2v) is 7.13. The summed E-state index contributed by atoms with van der Waals surface area (Å²) in [6, 6.07) is 0. The van der Waals surface area contributed by atoms with Crippen LogP contribution >= 0.6 is 0 Å². The molecule has 130 valence electrons. The lowest BCUT2D eigenvalue weighted by Gasteiger charge is -2.33. The van der Waals surface area contributed by atoms with Gasteiger partial charge in [0.2, 0.25) is 0 Å². The van der Waals surface area contributed by atoms with Crippen molar-refractivity contribution in [3.05, 3.63) is 18.8 Å². The first-order chi connectivity index (χ1) is 11.3. The lowest BCUT2D eigenvalue weighted by atomic mass is 10.2. The van der Waals surface area contributed by atoms with Crippen molar-refractivity contribution in [3.63, 3.8) is 0 Å². The van der Waals surface area contributed by atoms with Crippen LogP contribution < -0.4 is 0 Å². The van der Waals surface area contributed by atoms with Crippen LogP contribution in [0, 0.1) is 6.67 Å². The average Bonchev–Trinajstić information content (AvgIpc) is 3.03. The third kappa shape index (κ3) is 5.84. The van der Waals surface area contributed by atoms with Gasteiger partial charge in [0.05, 0.1) is 0 Å². The molecular weight excluding hydrogens is 286 g/mol. The van der Waals surface area contributed by atoms with E-state index in [0.29, 0.717) is 0 Å². The lowest BCUT2D eigenvalue weighted by Crippen LogP contribution is -2.46. The van der Waals surface area contributed by atoms with Crippen molar-refractivity contribution < 1.29 is 0 Å². The van der Waals surface area contributed by atoms with Crippen molar-refractivity contribution in [1.82, 2.24) is 24.5 Å². The van der Waals surface area contributed by atoms with E-state index in [9.17, 15) is 0 Å². The van der Waals surface area contributed by atoms with Crippen LogP contribution in [0.25, 0.3) is 0 Å². The normalized spacial score (nSPS) is 26.3. The molecule has 5 nitrogen and oxygen atoms in total. The van der Waals surface area contributed by atoms with Crippen LogP contribution in [0.15, 0.2) is 12.2 Å². The fraction of sp³-hybridized carbons (Fsp3) is 0.833. The summed E-state index contributed by atoms with van der Waals surface area (Å²) in [4.78, 5) is 12.4. The first-order valence-corrected chi connectivity index (χ1v) is 9.34. The van der Waals surface area contributed by atoms with Gasteiger partial charge in [-0.2, -0.15) is 0 Å². The average molecular weight is 319 g/mol. The van der Waals surface area contributed by atoms with Gasteiger partial charge in [-0.1, -0.05) is 12.2 Å². The molecule has 0 aromatic heterocycles. The smallest absolute Gasteiger partial charge is 0.146 e. The molecule has 2 radical (unpaired) electrons. The highest BCUT2D eigenvalue weighted by Crippen LogP contribution is 2.11. The lowest BCUT2D eigenvalue weighted by molar-refractivity contribution is 0.142. The molecule has 0 aliphatic carbocycles. The molecule has 23 heavy (non-hydrogen) atoms. The predicted octanol–water partition coefficient (Wildman–Crippen LogP) is 0.500. The molecule has 0 N–H and O–H groups in total. The summed E-state index contributed by atoms with van der Waals surface area (Å²) < 4.78 is 0. The van der Waals surface area contributed by atoms with Crippen LogP contribution in [0.4, 0.5) is 0 Å². The highest BCUT2D eigenvalue weighted by molar-refractivity contribution is 4.90. The molecule has 5 heteroatoms. The van der Waals surface area contributed by atoms with Crippen LogP contribution in [0.2, 0.25) is 0 Å². The second kappa shape index (κ2) is 9.14. The molecule has 3 aliphatic rings. The SMILES string of the molecule is CN1CCN(CCN2[C]N(CCCN3CC=CCC3)CC2)CC1. The molecule has 0 aromatic carbocycles. The highest BCUT2D eigenvalue weighted by Gasteiger charge is 2.22. The van der Waals surface area contributed by atoms with E-state index >= 15 is 0 Å². The number of piperazine rings is 1. The standard InChI is InChI=1S/C18H33N5/c1-19-10-12-21(13-11-19)14-15-23-17-16-22(18-23)9-5-8-20-6-3-2-4-7-20/h2-3H,4-17H2,1H3. The monoisotopic (exact) mass is 319 g/mol. The molecule has 0 saturated carbocycles. The van der Waals surface area contributed by atoms with Crippen LogP contribution in [0.1, 0.15) is 12.8 Å². The van der Waals surface area contributed by atoms with Crippen LogP contribution in [-0.4, -0.2) is 110 Å². The Labute approximate surface area is 142 Å². The predicted molar refractivity (Wildman–Crippen MR) is 95.1 cm³/mol. The van der Waals surface area contributed by atoms with E-state index in [0.717, 1.165) is 32.7 Å². The van der Waals surface area contributed by atoms with Crippen molar-refractivity contribution in [3.8, 4) is 0 Å². The largest absolute Gasteiger partial charge is 0.304 e. The summed E-state index contributed by atoms with van der Waals surface area (Å²) in [7, 11) is 2.22. The molecule has 0 atom stereocenters. The van der Waals surface area contributed by atoms with Crippen LogP contribution in [0.5, 0.6) is 0 Å².